The number of aromatic nitrogens is 2. The smallest absolute Gasteiger partial charge is 0.371 e. The van der Waals surface area contributed by atoms with E-state index in [-0.39, 0.29) is 11.5 Å². The van der Waals surface area contributed by atoms with Crippen molar-refractivity contribution in [1.29, 1.82) is 0 Å². The Morgan fingerprint density at radius 3 is 2.57 bits per heavy atom. The fourth-order valence-corrected chi connectivity index (χ4v) is 2.83. The molecule has 0 bridgehead atoms. The van der Waals surface area contributed by atoms with Gasteiger partial charge in [-0.05, 0) is 25.0 Å². The van der Waals surface area contributed by atoms with E-state index in [1.54, 1.807) is 0 Å². The molecule has 1 fully saturated rings. The number of hydrogen-bond donors (Lipinski definition) is 2. The maximum absolute atomic E-state index is 12.4. The van der Waals surface area contributed by atoms with Crippen LogP contribution in [0.2, 0.25) is 0 Å². The summed E-state index contributed by atoms with van der Waals surface area (Å²) in [5.74, 6) is -1.04. The summed E-state index contributed by atoms with van der Waals surface area (Å²) in [5.41, 5.74) is -0.690. The van der Waals surface area contributed by atoms with Crippen LogP contribution in [0, 0.1) is 0 Å². The van der Waals surface area contributed by atoms with E-state index < -0.39 is 17.4 Å². The summed E-state index contributed by atoms with van der Waals surface area (Å²) in [6, 6.07) is 2.59. The maximum Gasteiger partial charge on any atom is 0.371 e. The van der Waals surface area contributed by atoms with Gasteiger partial charge in [0.15, 0.2) is 11.6 Å². The molecule has 8 heteroatoms. The number of nitrogens with zero attached hydrogens (tertiary/aromatic N) is 2. The zero-order valence-electron chi connectivity index (χ0n) is 12.7. The van der Waals surface area contributed by atoms with Crippen molar-refractivity contribution < 1.29 is 23.6 Å². The summed E-state index contributed by atoms with van der Waals surface area (Å²) >= 11 is 0. The van der Waals surface area contributed by atoms with E-state index >= 15 is 0 Å². The standard InChI is InChI=1S/C15H17N3O5/c1-2-11-16-14(18-23-11)15(7-3-4-8-15)17-12(19)9-5-6-10(22-9)13(20)21/h5-6H,2-4,7-8H2,1H3,(H,17,19)(H,20,21). The third kappa shape index (κ3) is 2.84. The molecule has 0 atom stereocenters. The van der Waals surface area contributed by atoms with E-state index in [1.807, 2.05) is 6.92 Å². The molecule has 2 N–H and O–H groups in total. The average Bonchev–Trinajstić information content (AvgIpc) is 3.27. The van der Waals surface area contributed by atoms with Crippen molar-refractivity contribution in [3.63, 3.8) is 0 Å². The Balaban J connectivity index is 1.84. The second kappa shape index (κ2) is 5.86. The number of carboxylic acid groups (broad SMARTS) is 1. The molecule has 2 aromatic heterocycles. The van der Waals surface area contributed by atoms with Crippen LogP contribution in [0.15, 0.2) is 21.1 Å². The number of furan rings is 1. The van der Waals surface area contributed by atoms with E-state index in [4.69, 9.17) is 14.0 Å². The van der Waals surface area contributed by atoms with Gasteiger partial charge in [0.2, 0.25) is 11.7 Å². The molecular formula is C15H17N3O5. The van der Waals surface area contributed by atoms with Gasteiger partial charge >= 0.3 is 5.97 Å². The molecule has 1 saturated carbocycles. The van der Waals surface area contributed by atoms with Crippen LogP contribution < -0.4 is 5.32 Å². The van der Waals surface area contributed by atoms with Gasteiger partial charge in [-0.15, -0.1) is 0 Å². The second-order valence-corrected chi connectivity index (χ2v) is 5.58. The quantitative estimate of drug-likeness (QED) is 0.866. The highest BCUT2D eigenvalue weighted by Gasteiger charge is 2.42. The Morgan fingerprint density at radius 1 is 1.30 bits per heavy atom. The highest BCUT2D eigenvalue weighted by molar-refractivity contribution is 5.94. The summed E-state index contributed by atoms with van der Waals surface area (Å²) in [6.07, 6.45) is 3.91. The molecule has 1 amide bonds. The largest absolute Gasteiger partial charge is 0.475 e. The highest BCUT2D eigenvalue weighted by Crippen LogP contribution is 2.37. The number of amides is 1. The first-order valence-corrected chi connectivity index (χ1v) is 7.53. The molecule has 0 spiro atoms. The predicted molar refractivity (Wildman–Crippen MR) is 77.0 cm³/mol. The zero-order chi connectivity index (χ0) is 16.4. The van der Waals surface area contributed by atoms with Gasteiger partial charge in [0.1, 0.15) is 5.54 Å². The van der Waals surface area contributed by atoms with Crippen LogP contribution in [0.4, 0.5) is 0 Å². The summed E-state index contributed by atoms with van der Waals surface area (Å²) in [7, 11) is 0. The van der Waals surface area contributed by atoms with Crippen LogP contribution >= 0.6 is 0 Å². The lowest BCUT2D eigenvalue weighted by molar-refractivity contribution is 0.0658. The van der Waals surface area contributed by atoms with E-state index in [9.17, 15) is 9.59 Å². The molecule has 0 radical (unpaired) electrons. The second-order valence-electron chi connectivity index (χ2n) is 5.58. The highest BCUT2D eigenvalue weighted by atomic mass is 16.5. The topological polar surface area (TPSA) is 118 Å². The van der Waals surface area contributed by atoms with Crippen LogP contribution in [0.3, 0.4) is 0 Å². The molecule has 2 aromatic rings. The molecule has 0 unspecified atom stereocenters. The molecule has 2 heterocycles. The number of carbonyl (C=O) groups is 2. The number of hydrogen-bond acceptors (Lipinski definition) is 6. The molecule has 3 rings (SSSR count). The van der Waals surface area contributed by atoms with E-state index in [1.165, 1.54) is 12.1 Å². The predicted octanol–water partition coefficient (Wildman–Crippen LogP) is 2.12. The number of rotatable bonds is 5. The number of aryl methyl sites for hydroxylation is 1. The van der Waals surface area contributed by atoms with Crippen molar-refractivity contribution in [3.8, 4) is 0 Å². The molecule has 0 aliphatic heterocycles. The fraction of sp³-hybridized carbons (Fsp3) is 0.467. The van der Waals surface area contributed by atoms with Crippen molar-refractivity contribution in [2.75, 3.05) is 0 Å². The van der Waals surface area contributed by atoms with Crippen molar-refractivity contribution in [2.24, 2.45) is 0 Å². The minimum Gasteiger partial charge on any atom is -0.475 e. The van der Waals surface area contributed by atoms with Crippen molar-refractivity contribution in [2.45, 2.75) is 44.6 Å². The molecule has 1 aliphatic carbocycles. The van der Waals surface area contributed by atoms with Gasteiger partial charge in [0, 0.05) is 6.42 Å². The van der Waals surface area contributed by atoms with Crippen LogP contribution in [0.25, 0.3) is 0 Å². The number of nitrogens with one attached hydrogen (secondary N) is 1. The third-order valence-electron chi connectivity index (χ3n) is 4.05. The van der Waals surface area contributed by atoms with Crippen LogP contribution in [-0.2, 0) is 12.0 Å². The molecule has 0 saturated heterocycles. The minimum absolute atomic E-state index is 0.0483. The lowest BCUT2D eigenvalue weighted by atomic mass is 9.96. The third-order valence-corrected chi connectivity index (χ3v) is 4.05. The first-order chi connectivity index (χ1) is 11.0. The van der Waals surface area contributed by atoms with Gasteiger partial charge in [-0.3, -0.25) is 4.79 Å². The van der Waals surface area contributed by atoms with E-state index in [0.29, 0.717) is 31.0 Å². The Kier molecular flexibility index (Phi) is 3.89. The van der Waals surface area contributed by atoms with Crippen molar-refractivity contribution in [3.05, 3.63) is 35.4 Å². The van der Waals surface area contributed by atoms with Crippen LogP contribution in [-0.4, -0.2) is 27.1 Å². The van der Waals surface area contributed by atoms with Gasteiger partial charge < -0.3 is 19.4 Å². The summed E-state index contributed by atoms with van der Waals surface area (Å²) in [5, 5.41) is 15.8. The fourth-order valence-electron chi connectivity index (χ4n) is 2.83. The van der Waals surface area contributed by atoms with Gasteiger partial charge in [0.25, 0.3) is 5.91 Å². The Hall–Kier alpha value is -2.64. The zero-order valence-corrected chi connectivity index (χ0v) is 12.7. The Bertz CT molecular complexity index is 727. The van der Waals surface area contributed by atoms with Gasteiger partial charge in [-0.25, -0.2) is 4.79 Å². The van der Waals surface area contributed by atoms with Crippen molar-refractivity contribution in [1.82, 2.24) is 15.5 Å². The molecule has 122 valence electrons. The summed E-state index contributed by atoms with van der Waals surface area (Å²) < 4.78 is 10.2. The van der Waals surface area contributed by atoms with Crippen LogP contribution in [0.5, 0.6) is 0 Å². The summed E-state index contributed by atoms with van der Waals surface area (Å²) in [6.45, 7) is 1.91. The lowest BCUT2D eigenvalue weighted by Gasteiger charge is -2.26. The Labute approximate surface area is 131 Å². The summed E-state index contributed by atoms with van der Waals surface area (Å²) in [4.78, 5) is 27.6. The molecule has 23 heavy (non-hydrogen) atoms. The molecular weight excluding hydrogens is 302 g/mol. The average molecular weight is 319 g/mol. The van der Waals surface area contributed by atoms with Gasteiger partial charge in [-0.2, -0.15) is 4.98 Å². The first-order valence-electron chi connectivity index (χ1n) is 7.53. The SMILES string of the molecule is CCc1nc(C2(NC(=O)c3ccc(C(=O)O)o3)CCCC2)no1. The van der Waals surface area contributed by atoms with Gasteiger partial charge in [-0.1, -0.05) is 24.9 Å². The number of carboxylic acids is 1. The van der Waals surface area contributed by atoms with Crippen molar-refractivity contribution >= 4 is 11.9 Å². The normalized spacial score (nSPS) is 16.4. The van der Waals surface area contributed by atoms with E-state index in [0.717, 1.165) is 12.8 Å². The molecule has 0 aromatic carbocycles. The minimum atomic E-state index is -1.22. The van der Waals surface area contributed by atoms with Gasteiger partial charge in [0.05, 0.1) is 0 Å². The first kappa shape index (κ1) is 15.3. The molecule has 8 nitrogen and oxygen atoms in total. The van der Waals surface area contributed by atoms with E-state index in [2.05, 4.69) is 15.5 Å². The monoisotopic (exact) mass is 319 g/mol. The maximum atomic E-state index is 12.4. The number of carbonyl (C=O) groups excluding carboxylic acids is 1. The lowest BCUT2D eigenvalue weighted by Crippen LogP contribution is -2.44. The number of aromatic carboxylic acids is 1. The molecule has 1 aliphatic rings. The van der Waals surface area contributed by atoms with Crippen LogP contribution in [0.1, 0.15) is 65.4 Å². The Morgan fingerprint density at radius 2 is 2.00 bits per heavy atom.